The third kappa shape index (κ3) is 9.24. The second-order valence-electron chi connectivity index (χ2n) is 9.20. The number of hydrogen-bond donors (Lipinski definition) is 1. The summed E-state index contributed by atoms with van der Waals surface area (Å²) in [6, 6.07) is 9.80. The topological polar surface area (TPSA) is 52.9 Å². The number of aliphatic hydroxyl groups is 1. The van der Waals surface area contributed by atoms with E-state index in [4.69, 9.17) is 5.11 Å². The van der Waals surface area contributed by atoms with Gasteiger partial charge >= 0.3 is 0 Å². The number of carbonyl (C=O) groups is 1. The van der Waals surface area contributed by atoms with Crippen molar-refractivity contribution in [1.29, 1.82) is 0 Å². The molecule has 0 aromatic heterocycles. The number of nitrogens with zero attached hydrogens (tertiary/aromatic N) is 2. The molecule has 2 rings (SSSR count). The van der Waals surface area contributed by atoms with Gasteiger partial charge in [0.2, 0.25) is 5.92 Å². The lowest BCUT2D eigenvalue weighted by Crippen LogP contribution is -2.26. The standard InChI is InChI=1S/C18H23FN2O.C9H18F2O/c1-5-12(2)17(13(3)22)20-18-15(19)11-16(21(18)4)14-9-7-6-8-10-14;1-3-4-5-9(10,11)6-8(2)7-12/h6-10,15-16H,5,11H2,1-4H3;8,12H,3-7H2,1-2H3. The van der Waals surface area contributed by atoms with E-state index in [1.807, 2.05) is 63.1 Å². The SMILES string of the molecule is CCC(C)=C(N=C1C(F)CC(c2ccccc2)N1C)C(C)=O.CCCCC(F)(F)CC(C)CO. The van der Waals surface area contributed by atoms with Crippen LogP contribution in [0.25, 0.3) is 0 Å². The van der Waals surface area contributed by atoms with Crippen molar-refractivity contribution in [3.63, 3.8) is 0 Å². The number of carbonyl (C=O) groups excluding carboxylic acids is 1. The maximum absolute atomic E-state index is 14.5. The Morgan fingerprint density at radius 1 is 1.24 bits per heavy atom. The molecule has 0 radical (unpaired) electrons. The number of rotatable bonds is 10. The summed E-state index contributed by atoms with van der Waals surface area (Å²) in [6.45, 7) is 8.71. The first kappa shape index (κ1) is 29.9. The molecule has 7 heteroatoms. The van der Waals surface area contributed by atoms with Crippen molar-refractivity contribution in [2.75, 3.05) is 13.7 Å². The maximum atomic E-state index is 14.5. The average Bonchev–Trinajstić information content (AvgIpc) is 3.09. The number of alkyl halides is 3. The lowest BCUT2D eigenvalue weighted by atomic mass is 10.00. The smallest absolute Gasteiger partial charge is 0.248 e. The first-order valence-electron chi connectivity index (χ1n) is 12.2. The first-order chi connectivity index (χ1) is 16.0. The van der Waals surface area contributed by atoms with E-state index in [2.05, 4.69) is 4.99 Å². The minimum atomic E-state index is -2.59. The van der Waals surface area contributed by atoms with Crippen molar-refractivity contribution in [2.24, 2.45) is 10.9 Å². The van der Waals surface area contributed by atoms with E-state index >= 15 is 0 Å². The molecule has 0 amide bonds. The third-order valence-corrected chi connectivity index (χ3v) is 6.07. The van der Waals surface area contributed by atoms with Crippen molar-refractivity contribution in [1.82, 2.24) is 4.90 Å². The van der Waals surface area contributed by atoms with Crippen LogP contribution in [0.15, 0.2) is 46.6 Å². The van der Waals surface area contributed by atoms with E-state index in [1.54, 1.807) is 6.92 Å². The van der Waals surface area contributed by atoms with Gasteiger partial charge in [-0.25, -0.2) is 18.2 Å². The van der Waals surface area contributed by atoms with Gasteiger partial charge in [0.25, 0.3) is 0 Å². The van der Waals surface area contributed by atoms with Crippen molar-refractivity contribution in [3.05, 3.63) is 47.2 Å². The monoisotopic (exact) mass is 482 g/mol. The minimum Gasteiger partial charge on any atom is -0.396 e. The zero-order chi connectivity index (χ0) is 25.9. The zero-order valence-corrected chi connectivity index (χ0v) is 21.5. The number of likely N-dealkylation sites (tertiary alicyclic amines) is 1. The predicted molar refractivity (Wildman–Crippen MR) is 133 cm³/mol. The van der Waals surface area contributed by atoms with Crippen molar-refractivity contribution in [3.8, 4) is 0 Å². The molecular weight excluding hydrogens is 441 g/mol. The summed E-state index contributed by atoms with van der Waals surface area (Å²) >= 11 is 0. The molecule has 1 aromatic carbocycles. The fourth-order valence-electron chi connectivity index (χ4n) is 3.89. The fourth-order valence-corrected chi connectivity index (χ4v) is 3.89. The molecule has 1 fully saturated rings. The van der Waals surface area contributed by atoms with Crippen LogP contribution in [0.5, 0.6) is 0 Å². The van der Waals surface area contributed by atoms with Gasteiger partial charge in [0.15, 0.2) is 12.0 Å². The summed E-state index contributed by atoms with van der Waals surface area (Å²) in [6.07, 6.45) is 1.07. The Bertz CT molecular complexity index is 824. The molecule has 1 heterocycles. The van der Waals surface area contributed by atoms with Gasteiger partial charge in [-0.15, -0.1) is 0 Å². The summed E-state index contributed by atoms with van der Waals surface area (Å²) in [4.78, 5) is 18.0. The number of ketones is 1. The number of aliphatic hydroxyl groups excluding tert-OH is 1. The molecule has 1 saturated heterocycles. The highest BCUT2D eigenvalue weighted by atomic mass is 19.3. The quantitative estimate of drug-likeness (QED) is 0.369. The minimum absolute atomic E-state index is 0.0370. The largest absolute Gasteiger partial charge is 0.396 e. The molecule has 34 heavy (non-hydrogen) atoms. The molecular formula is C27H41F3N2O2. The van der Waals surface area contributed by atoms with Gasteiger partial charge in [-0.3, -0.25) is 4.79 Å². The summed E-state index contributed by atoms with van der Waals surface area (Å²) in [7, 11) is 1.84. The van der Waals surface area contributed by atoms with E-state index in [9.17, 15) is 18.0 Å². The average molecular weight is 483 g/mol. The number of Topliss-reactive ketones (excluding diaryl/α,β-unsaturated/α-hetero) is 1. The molecule has 0 aliphatic carbocycles. The molecule has 192 valence electrons. The van der Waals surface area contributed by atoms with Crippen LogP contribution < -0.4 is 0 Å². The molecule has 1 aromatic rings. The van der Waals surface area contributed by atoms with E-state index in [0.717, 1.165) is 24.0 Å². The van der Waals surface area contributed by atoms with Crippen LogP contribution >= 0.6 is 0 Å². The second-order valence-corrected chi connectivity index (χ2v) is 9.20. The van der Waals surface area contributed by atoms with Gasteiger partial charge in [0.05, 0.1) is 6.04 Å². The second kappa shape index (κ2) is 14.3. The van der Waals surface area contributed by atoms with Gasteiger partial charge in [0, 0.05) is 39.8 Å². The highest BCUT2D eigenvalue weighted by molar-refractivity contribution is 5.99. The zero-order valence-electron chi connectivity index (χ0n) is 21.5. The Morgan fingerprint density at radius 2 is 1.85 bits per heavy atom. The number of aliphatic imine (C=N–C) groups is 1. The van der Waals surface area contributed by atoms with E-state index in [0.29, 0.717) is 24.4 Å². The van der Waals surface area contributed by atoms with Crippen LogP contribution in [0.4, 0.5) is 13.2 Å². The Labute approximate surface area is 203 Å². The Kier molecular flexibility index (Phi) is 12.6. The van der Waals surface area contributed by atoms with Crippen LogP contribution in [-0.4, -0.2) is 47.4 Å². The number of benzene rings is 1. The van der Waals surface area contributed by atoms with Crippen LogP contribution in [-0.2, 0) is 4.79 Å². The molecule has 1 N–H and O–H groups in total. The van der Waals surface area contributed by atoms with Gasteiger partial charge in [-0.2, -0.15) is 0 Å². The van der Waals surface area contributed by atoms with Gasteiger partial charge in [0.1, 0.15) is 11.5 Å². The predicted octanol–water partition coefficient (Wildman–Crippen LogP) is 6.90. The molecule has 3 unspecified atom stereocenters. The number of halogens is 3. The molecule has 0 bridgehead atoms. The van der Waals surface area contributed by atoms with Gasteiger partial charge < -0.3 is 10.0 Å². The Hall–Kier alpha value is -2.15. The summed E-state index contributed by atoms with van der Waals surface area (Å²) in [5.74, 6) is -2.64. The molecule has 1 aliphatic rings. The molecule has 0 saturated carbocycles. The first-order valence-corrected chi connectivity index (χ1v) is 12.2. The highest BCUT2D eigenvalue weighted by Crippen LogP contribution is 2.34. The van der Waals surface area contributed by atoms with Crippen molar-refractivity contribution >= 4 is 11.6 Å². The summed E-state index contributed by atoms with van der Waals surface area (Å²) in [5, 5.41) is 8.59. The lowest BCUT2D eigenvalue weighted by Gasteiger charge is -2.22. The molecule has 0 spiro atoms. The maximum Gasteiger partial charge on any atom is 0.248 e. The van der Waals surface area contributed by atoms with Gasteiger partial charge in [-0.05, 0) is 36.8 Å². The molecule has 4 nitrogen and oxygen atoms in total. The van der Waals surface area contributed by atoms with E-state index in [-0.39, 0.29) is 37.2 Å². The number of hydrogen-bond acceptors (Lipinski definition) is 3. The van der Waals surface area contributed by atoms with Crippen molar-refractivity contribution in [2.45, 2.75) is 91.3 Å². The Morgan fingerprint density at radius 3 is 2.35 bits per heavy atom. The van der Waals surface area contributed by atoms with Gasteiger partial charge in [-0.1, -0.05) is 57.5 Å². The number of amidine groups is 1. The Balaban J connectivity index is 0.000000411. The fraction of sp³-hybridized carbons (Fsp3) is 0.630. The number of unbranched alkanes of at least 4 members (excludes halogenated alkanes) is 1. The van der Waals surface area contributed by atoms with Crippen LogP contribution in [0.3, 0.4) is 0 Å². The lowest BCUT2D eigenvalue weighted by molar-refractivity contribution is -0.113. The van der Waals surface area contributed by atoms with Crippen molar-refractivity contribution < 1.29 is 23.1 Å². The highest BCUT2D eigenvalue weighted by Gasteiger charge is 2.36. The summed E-state index contributed by atoms with van der Waals surface area (Å²) in [5.41, 5.74) is 2.35. The number of allylic oxidation sites excluding steroid dienone is 2. The van der Waals surface area contributed by atoms with E-state index < -0.39 is 12.1 Å². The van der Waals surface area contributed by atoms with Crippen LogP contribution in [0.2, 0.25) is 0 Å². The molecule has 3 atom stereocenters. The summed E-state index contributed by atoms with van der Waals surface area (Å²) < 4.78 is 40.3. The normalized spacial score (nSPS) is 21.1. The third-order valence-electron chi connectivity index (χ3n) is 6.07. The van der Waals surface area contributed by atoms with E-state index in [1.165, 1.54) is 6.92 Å². The van der Waals surface area contributed by atoms with Crippen LogP contribution in [0.1, 0.15) is 84.7 Å². The molecule has 1 aliphatic heterocycles. The van der Waals surface area contributed by atoms with Crippen LogP contribution in [0, 0.1) is 5.92 Å².